The molecule has 3 heterocycles. The number of hydrogen-bond acceptors (Lipinski definition) is 7. The lowest BCUT2D eigenvalue weighted by molar-refractivity contribution is -0.154. The summed E-state index contributed by atoms with van der Waals surface area (Å²) in [4.78, 5) is 66.7. The smallest absolute Gasteiger partial charge is 0.408 e. The van der Waals surface area contributed by atoms with Gasteiger partial charge in [-0.05, 0) is 74.5 Å². The number of anilines is 1. The van der Waals surface area contributed by atoms with E-state index in [1.165, 1.54) is 4.90 Å². The number of carboxylic acid groups (broad SMARTS) is 2. The minimum Gasteiger partial charge on any atom is -0.480 e. The van der Waals surface area contributed by atoms with Crippen LogP contribution in [0.5, 0.6) is 0 Å². The maximum Gasteiger partial charge on any atom is 0.408 e. The number of likely N-dealkylation sites (tertiary alicyclic amines) is 1. The first-order valence-corrected chi connectivity index (χ1v) is 16.8. The highest BCUT2D eigenvalue weighted by Crippen LogP contribution is 2.54. The summed E-state index contributed by atoms with van der Waals surface area (Å²) in [6.07, 6.45) is 4.87. The van der Waals surface area contributed by atoms with Gasteiger partial charge in [0.2, 0.25) is 11.8 Å². The van der Waals surface area contributed by atoms with Crippen LogP contribution in [-0.4, -0.2) is 88.3 Å². The highest BCUT2D eigenvalue weighted by atomic mass is 16.6. The molecule has 1 spiro atoms. The van der Waals surface area contributed by atoms with Crippen LogP contribution in [0.15, 0.2) is 30.3 Å². The zero-order valence-electron chi connectivity index (χ0n) is 28.6. The van der Waals surface area contributed by atoms with Gasteiger partial charge in [-0.2, -0.15) is 0 Å². The van der Waals surface area contributed by atoms with Crippen molar-refractivity contribution < 1.29 is 38.9 Å². The van der Waals surface area contributed by atoms with Crippen molar-refractivity contribution in [1.82, 2.24) is 15.5 Å². The number of para-hydroxylation sites is 1. The SMILES string of the molecule is CC(C)(C)C1N(C(=O)[C@@H](NC(=O)OC2CCCC2)C(C)(C)C)[C@H](C(=O)O)C[C@]12CC(=O)N(c1ccccc1)C2.O=C(O)[C@@H]1CCCN1. The number of carboxylic acids is 2. The van der Waals surface area contributed by atoms with Gasteiger partial charge in [0.25, 0.3) is 0 Å². The molecule has 3 amide bonds. The molecule has 1 unspecified atom stereocenters. The van der Waals surface area contributed by atoms with E-state index in [4.69, 9.17) is 9.84 Å². The number of benzene rings is 1. The predicted octanol–water partition coefficient (Wildman–Crippen LogP) is 4.42. The Morgan fingerprint density at radius 2 is 1.60 bits per heavy atom. The fourth-order valence-corrected chi connectivity index (χ4v) is 7.91. The fourth-order valence-electron chi connectivity index (χ4n) is 7.91. The number of rotatable bonds is 6. The molecule has 0 aromatic heterocycles. The average Bonchev–Trinajstić information content (AvgIpc) is 3.79. The summed E-state index contributed by atoms with van der Waals surface area (Å²) in [7, 11) is 0. The van der Waals surface area contributed by atoms with E-state index in [0.717, 1.165) is 50.8 Å². The Morgan fingerprint density at radius 3 is 2.09 bits per heavy atom. The lowest BCUT2D eigenvalue weighted by Crippen LogP contribution is -2.61. The number of carbonyl (C=O) groups is 5. The molecule has 4 aliphatic rings. The number of alkyl carbamates (subject to hydrolysis) is 1. The van der Waals surface area contributed by atoms with Crippen LogP contribution in [-0.2, 0) is 23.9 Å². The van der Waals surface area contributed by atoms with Crippen molar-refractivity contribution in [2.75, 3.05) is 18.0 Å². The molecule has 3 aliphatic heterocycles. The molecule has 5 atom stereocenters. The van der Waals surface area contributed by atoms with Gasteiger partial charge >= 0.3 is 18.0 Å². The highest BCUT2D eigenvalue weighted by molar-refractivity contribution is 5.98. The Hall–Kier alpha value is -3.67. The van der Waals surface area contributed by atoms with E-state index in [0.29, 0.717) is 6.54 Å². The van der Waals surface area contributed by atoms with E-state index >= 15 is 0 Å². The zero-order chi connectivity index (χ0) is 34.7. The maximum atomic E-state index is 14.4. The molecule has 0 radical (unpaired) electrons. The van der Waals surface area contributed by atoms with Crippen molar-refractivity contribution in [3.05, 3.63) is 30.3 Å². The molecule has 5 rings (SSSR count). The van der Waals surface area contributed by atoms with E-state index in [1.807, 2.05) is 71.9 Å². The van der Waals surface area contributed by atoms with E-state index in [-0.39, 0.29) is 30.9 Å². The molecule has 0 bridgehead atoms. The van der Waals surface area contributed by atoms with Gasteiger partial charge in [-0.3, -0.25) is 14.4 Å². The first-order valence-electron chi connectivity index (χ1n) is 16.8. The molecule has 260 valence electrons. The molecule has 12 heteroatoms. The van der Waals surface area contributed by atoms with Crippen molar-refractivity contribution >= 4 is 35.5 Å². The van der Waals surface area contributed by atoms with Crippen LogP contribution in [0.1, 0.15) is 92.9 Å². The molecule has 1 saturated carbocycles. The number of amides is 3. The fraction of sp³-hybridized carbons (Fsp3) is 0.686. The second-order valence-corrected chi connectivity index (χ2v) is 15.7. The van der Waals surface area contributed by atoms with Gasteiger partial charge in [0, 0.05) is 30.1 Å². The summed E-state index contributed by atoms with van der Waals surface area (Å²) in [5.74, 6) is -2.37. The number of hydrogen-bond donors (Lipinski definition) is 4. The van der Waals surface area contributed by atoms with Crippen LogP contribution < -0.4 is 15.5 Å². The molecule has 4 fully saturated rings. The van der Waals surface area contributed by atoms with Gasteiger partial charge < -0.3 is 35.4 Å². The normalized spacial score (nSPS) is 27.0. The number of nitrogens with one attached hydrogen (secondary N) is 2. The van der Waals surface area contributed by atoms with Crippen LogP contribution in [0.2, 0.25) is 0 Å². The van der Waals surface area contributed by atoms with Gasteiger partial charge in [-0.25, -0.2) is 9.59 Å². The predicted molar refractivity (Wildman–Crippen MR) is 176 cm³/mol. The molecule has 1 aliphatic carbocycles. The van der Waals surface area contributed by atoms with Crippen LogP contribution in [0, 0.1) is 16.2 Å². The maximum absolute atomic E-state index is 14.4. The Morgan fingerprint density at radius 1 is 0.957 bits per heavy atom. The Bertz CT molecular complexity index is 1310. The molecule has 3 saturated heterocycles. The summed E-state index contributed by atoms with van der Waals surface area (Å²) < 4.78 is 5.60. The molecule has 4 N–H and O–H groups in total. The minimum atomic E-state index is -1.12. The Balaban J connectivity index is 0.000000546. The third-order valence-electron chi connectivity index (χ3n) is 9.81. The van der Waals surface area contributed by atoms with Gasteiger partial charge in [0.05, 0.1) is 0 Å². The monoisotopic (exact) mass is 656 g/mol. The third-order valence-corrected chi connectivity index (χ3v) is 9.81. The minimum absolute atomic E-state index is 0.0838. The topological polar surface area (TPSA) is 166 Å². The standard InChI is InChI=1S/C30H43N3O6.C5H9NO2/c1-28(2,3)23(31-27(38)39-20-14-10-11-15-20)24(35)33-21(25(36)37)16-30(26(33)29(4,5)6)17-22(34)32(18-30)19-12-8-7-9-13-19;7-5(8)4-2-1-3-6-4/h7-9,12-13,20-21,23,26H,10-11,14-18H2,1-6H3,(H,31,38)(H,36,37);4,6H,1-3H2,(H,7,8)/t21-,23+,26?,30+;4-/m00/s1. The first-order chi connectivity index (χ1) is 21.9. The van der Waals surface area contributed by atoms with Crippen LogP contribution in [0.3, 0.4) is 0 Å². The molecular weight excluding hydrogens is 604 g/mol. The van der Waals surface area contributed by atoms with Crippen molar-refractivity contribution in [3.63, 3.8) is 0 Å². The number of aliphatic carboxylic acids is 2. The molecule has 1 aromatic rings. The van der Waals surface area contributed by atoms with Crippen molar-refractivity contribution in [2.45, 2.75) is 123 Å². The molecule has 47 heavy (non-hydrogen) atoms. The van der Waals surface area contributed by atoms with Gasteiger partial charge in [0.1, 0.15) is 24.2 Å². The summed E-state index contributed by atoms with van der Waals surface area (Å²) in [6, 6.07) is 6.40. The van der Waals surface area contributed by atoms with E-state index in [1.54, 1.807) is 4.90 Å². The Kier molecular flexibility index (Phi) is 10.9. The lowest BCUT2D eigenvalue weighted by Gasteiger charge is -2.45. The van der Waals surface area contributed by atoms with Crippen LogP contribution >= 0.6 is 0 Å². The lowest BCUT2D eigenvalue weighted by atomic mass is 9.68. The summed E-state index contributed by atoms with van der Waals surface area (Å²) in [5.41, 5.74) is -1.25. The average molecular weight is 657 g/mol. The summed E-state index contributed by atoms with van der Waals surface area (Å²) in [6.45, 7) is 12.6. The van der Waals surface area contributed by atoms with Crippen molar-refractivity contribution in [2.24, 2.45) is 16.2 Å². The largest absolute Gasteiger partial charge is 0.480 e. The van der Waals surface area contributed by atoms with Crippen molar-refractivity contribution in [3.8, 4) is 0 Å². The van der Waals surface area contributed by atoms with E-state index in [2.05, 4.69) is 10.6 Å². The van der Waals surface area contributed by atoms with Crippen LogP contribution in [0.25, 0.3) is 0 Å². The van der Waals surface area contributed by atoms with Gasteiger partial charge in [-0.15, -0.1) is 0 Å². The van der Waals surface area contributed by atoms with Gasteiger partial charge in [0.15, 0.2) is 0 Å². The zero-order valence-corrected chi connectivity index (χ0v) is 28.6. The first kappa shape index (κ1) is 36.2. The summed E-state index contributed by atoms with van der Waals surface area (Å²) >= 11 is 0. The van der Waals surface area contributed by atoms with Gasteiger partial charge in [-0.1, -0.05) is 59.7 Å². The number of carbonyl (C=O) groups excluding carboxylic acids is 3. The molecule has 12 nitrogen and oxygen atoms in total. The third kappa shape index (κ3) is 8.25. The second-order valence-electron chi connectivity index (χ2n) is 15.7. The molecule has 1 aromatic carbocycles. The van der Waals surface area contributed by atoms with Crippen LogP contribution in [0.4, 0.5) is 10.5 Å². The number of nitrogens with zero attached hydrogens (tertiary/aromatic N) is 2. The van der Waals surface area contributed by atoms with E-state index in [9.17, 15) is 29.1 Å². The van der Waals surface area contributed by atoms with Crippen molar-refractivity contribution in [1.29, 1.82) is 0 Å². The summed E-state index contributed by atoms with van der Waals surface area (Å²) in [5, 5.41) is 24.4. The Labute approximate surface area is 277 Å². The quantitative estimate of drug-likeness (QED) is 0.347. The highest BCUT2D eigenvalue weighted by Gasteiger charge is 2.64. The second kappa shape index (κ2) is 14.2. The molecular formula is C35H52N4O8. The number of ether oxygens (including phenoxy) is 1. The van der Waals surface area contributed by atoms with E-state index < -0.39 is 58.3 Å².